The summed E-state index contributed by atoms with van der Waals surface area (Å²) < 4.78 is 39.8. The molecule has 0 saturated heterocycles. The van der Waals surface area contributed by atoms with Crippen molar-refractivity contribution in [3.8, 4) is 0 Å². The molecule has 7 heteroatoms. The third-order valence-corrected chi connectivity index (χ3v) is 8.27. The summed E-state index contributed by atoms with van der Waals surface area (Å²) in [5.41, 5.74) is 5.24. The van der Waals surface area contributed by atoms with E-state index in [4.69, 9.17) is 4.99 Å². The van der Waals surface area contributed by atoms with Crippen LogP contribution in [0.5, 0.6) is 0 Å². The Bertz CT molecular complexity index is 1230. The Hall–Kier alpha value is -2.80. The molecule has 4 atom stereocenters. The lowest BCUT2D eigenvalue weighted by Crippen LogP contribution is -2.34. The summed E-state index contributed by atoms with van der Waals surface area (Å²) in [5.74, 6) is 0.847. The standard InChI is InChI=1S/C29H29F3N2OS/c1-18-4-2-7-25(22-5-3-6-23(15-22)29(30,31)32)34-27(18)20-10-8-19(9-11-20)14-21-12-13-24(21)28(35)26-16-36-17-33-26/h3,5-6,8-11,15-18,21,24,27H,2,4,7,12-14H2,1H3. The molecule has 3 aromatic rings. The third kappa shape index (κ3) is 5.31. The SMILES string of the molecule is CC1CCCC(c2cccc(C(F)(F)F)c2)=NC1c1ccc(CC2CCC2C(=O)c2cscn2)cc1. The summed E-state index contributed by atoms with van der Waals surface area (Å²) in [5, 5.41) is 1.83. The second-order valence-corrected chi connectivity index (χ2v) is 10.8. The highest BCUT2D eigenvalue weighted by atomic mass is 32.1. The highest BCUT2D eigenvalue weighted by Gasteiger charge is 2.37. The predicted octanol–water partition coefficient (Wildman–Crippen LogP) is 7.96. The number of aromatic nitrogens is 1. The van der Waals surface area contributed by atoms with Gasteiger partial charge in [-0.3, -0.25) is 9.79 Å². The molecule has 0 spiro atoms. The second-order valence-electron chi connectivity index (χ2n) is 10.1. The number of rotatable bonds is 6. The molecule has 4 unspecified atom stereocenters. The van der Waals surface area contributed by atoms with E-state index in [0.717, 1.165) is 49.4 Å². The monoisotopic (exact) mass is 510 g/mol. The van der Waals surface area contributed by atoms with Crippen LogP contribution in [0.4, 0.5) is 13.2 Å². The van der Waals surface area contributed by atoms with Gasteiger partial charge in [-0.15, -0.1) is 11.3 Å². The van der Waals surface area contributed by atoms with Gasteiger partial charge in [0.15, 0.2) is 5.78 Å². The minimum absolute atomic E-state index is 0.0493. The highest BCUT2D eigenvalue weighted by Crippen LogP contribution is 2.40. The van der Waals surface area contributed by atoms with Crippen LogP contribution in [0.2, 0.25) is 0 Å². The molecule has 0 radical (unpaired) electrons. The minimum atomic E-state index is -4.37. The molecule has 2 aliphatic rings. The molecule has 1 fully saturated rings. The third-order valence-electron chi connectivity index (χ3n) is 7.69. The zero-order valence-corrected chi connectivity index (χ0v) is 21.0. The zero-order valence-electron chi connectivity index (χ0n) is 20.2. The lowest BCUT2D eigenvalue weighted by molar-refractivity contribution is -0.137. The number of hydrogen-bond acceptors (Lipinski definition) is 4. The fourth-order valence-electron chi connectivity index (χ4n) is 5.44. The van der Waals surface area contributed by atoms with E-state index in [1.54, 1.807) is 11.6 Å². The van der Waals surface area contributed by atoms with Gasteiger partial charge in [-0.25, -0.2) is 4.98 Å². The van der Waals surface area contributed by atoms with E-state index in [9.17, 15) is 18.0 Å². The zero-order chi connectivity index (χ0) is 25.3. The molecule has 36 heavy (non-hydrogen) atoms. The van der Waals surface area contributed by atoms with Gasteiger partial charge in [-0.05, 0) is 79.2 Å². The lowest BCUT2D eigenvalue weighted by Gasteiger charge is -2.35. The van der Waals surface area contributed by atoms with Crippen molar-refractivity contribution in [2.24, 2.45) is 22.7 Å². The molecule has 5 rings (SSSR count). The van der Waals surface area contributed by atoms with Crippen molar-refractivity contribution in [2.75, 3.05) is 0 Å². The van der Waals surface area contributed by atoms with Crippen LogP contribution in [0.25, 0.3) is 0 Å². The first-order valence-corrected chi connectivity index (χ1v) is 13.5. The Morgan fingerprint density at radius 1 is 1.08 bits per heavy atom. The molecule has 2 aromatic carbocycles. The number of alkyl halides is 3. The molecule has 1 aliphatic carbocycles. The molecule has 0 N–H and O–H groups in total. The maximum Gasteiger partial charge on any atom is 0.416 e. The lowest BCUT2D eigenvalue weighted by atomic mass is 9.68. The van der Waals surface area contributed by atoms with Crippen LogP contribution in [-0.4, -0.2) is 16.5 Å². The van der Waals surface area contributed by atoms with E-state index in [2.05, 4.69) is 36.2 Å². The van der Waals surface area contributed by atoms with Crippen LogP contribution in [-0.2, 0) is 12.6 Å². The number of thiazole rings is 1. The Kier molecular flexibility index (Phi) is 7.11. The second kappa shape index (κ2) is 10.3. The van der Waals surface area contributed by atoms with Gasteiger partial charge in [-0.2, -0.15) is 13.2 Å². The number of Topliss-reactive ketones (excluding diaryl/α,β-unsaturated/α-hetero) is 1. The van der Waals surface area contributed by atoms with Crippen molar-refractivity contribution in [1.29, 1.82) is 0 Å². The first-order valence-electron chi connectivity index (χ1n) is 12.5. The molecule has 1 saturated carbocycles. The van der Waals surface area contributed by atoms with Crippen molar-refractivity contribution in [2.45, 2.75) is 57.7 Å². The Morgan fingerprint density at radius 3 is 2.56 bits per heavy atom. The molecule has 188 valence electrons. The molecule has 0 bridgehead atoms. The van der Waals surface area contributed by atoms with Crippen LogP contribution in [0.15, 0.2) is 64.4 Å². The average molecular weight is 511 g/mol. The first-order chi connectivity index (χ1) is 17.3. The summed E-state index contributed by atoms with van der Waals surface area (Å²) in [6.45, 7) is 2.17. The number of nitrogens with zero attached hydrogens (tertiary/aromatic N) is 2. The van der Waals surface area contributed by atoms with Crippen LogP contribution in [0, 0.1) is 17.8 Å². The largest absolute Gasteiger partial charge is 0.416 e. The first kappa shape index (κ1) is 24.9. The number of aliphatic imine (C=N–C) groups is 1. The summed E-state index contributed by atoms with van der Waals surface area (Å²) in [6, 6.07) is 13.9. The average Bonchev–Trinajstić information content (AvgIpc) is 3.32. The minimum Gasteiger partial charge on any atom is -0.292 e. The van der Waals surface area contributed by atoms with E-state index in [-0.39, 0.29) is 17.7 Å². The predicted molar refractivity (Wildman–Crippen MR) is 137 cm³/mol. The van der Waals surface area contributed by atoms with E-state index in [1.807, 2.05) is 5.38 Å². The van der Waals surface area contributed by atoms with Gasteiger partial charge < -0.3 is 0 Å². The molecular weight excluding hydrogens is 481 g/mol. The van der Waals surface area contributed by atoms with Crippen molar-refractivity contribution in [1.82, 2.24) is 4.98 Å². The summed E-state index contributed by atoms with van der Waals surface area (Å²) in [6.07, 6.45) is 1.02. The molecule has 2 heterocycles. The number of benzene rings is 2. The molecular formula is C29H29F3N2OS. The fraction of sp³-hybridized carbons (Fsp3) is 0.414. The van der Waals surface area contributed by atoms with E-state index < -0.39 is 11.7 Å². The molecule has 1 aromatic heterocycles. The fourth-order valence-corrected chi connectivity index (χ4v) is 5.98. The van der Waals surface area contributed by atoms with Crippen LogP contribution in [0.3, 0.4) is 0 Å². The Labute approximate surface area is 213 Å². The van der Waals surface area contributed by atoms with E-state index >= 15 is 0 Å². The summed E-state index contributed by atoms with van der Waals surface area (Å²) in [4.78, 5) is 21.9. The van der Waals surface area contributed by atoms with E-state index in [0.29, 0.717) is 29.5 Å². The van der Waals surface area contributed by atoms with Gasteiger partial charge in [0.05, 0.1) is 17.1 Å². The van der Waals surface area contributed by atoms with Gasteiger partial charge in [0, 0.05) is 17.0 Å². The van der Waals surface area contributed by atoms with Gasteiger partial charge in [0.25, 0.3) is 0 Å². The Balaban J connectivity index is 1.32. The smallest absolute Gasteiger partial charge is 0.292 e. The van der Waals surface area contributed by atoms with Crippen molar-refractivity contribution in [3.05, 3.63) is 87.4 Å². The number of ketones is 1. The number of carbonyl (C=O) groups is 1. The van der Waals surface area contributed by atoms with Crippen LogP contribution < -0.4 is 0 Å². The number of halogens is 3. The number of hydrogen-bond donors (Lipinski definition) is 0. The van der Waals surface area contributed by atoms with Gasteiger partial charge >= 0.3 is 6.18 Å². The van der Waals surface area contributed by atoms with Crippen molar-refractivity contribution in [3.63, 3.8) is 0 Å². The van der Waals surface area contributed by atoms with Crippen molar-refractivity contribution < 1.29 is 18.0 Å². The van der Waals surface area contributed by atoms with Gasteiger partial charge in [0.2, 0.25) is 0 Å². The van der Waals surface area contributed by atoms with Gasteiger partial charge in [0.1, 0.15) is 5.69 Å². The van der Waals surface area contributed by atoms with Crippen molar-refractivity contribution >= 4 is 22.8 Å². The summed E-state index contributed by atoms with van der Waals surface area (Å²) in [7, 11) is 0. The van der Waals surface area contributed by atoms with Crippen LogP contribution in [0.1, 0.15) is 77.8 Å². The van der Waals surface area contributed by atoms with Crippen LogP contribution >= 0.6 is 11.3 Å². The number of carbonyl (C=O) groups excluding carboxylic acids is 1. The molecule has 0 amide bonds. The molecule has 3 nitrogen and oxygen atoms in total. The normalized spacial score (nSPS) is 24.5. The quantitative estimate of drug-likeness (QED) is 0.316. The topological polar surface area (TPSA) is 42.3 Å². The van der Waals surface area contributed by atoms with Gasteiger partial charge in [-0.1, -0.05) is 43.3 Å². The summed E-state index contributed by atoms with van der Waals surface area (Å²) >= 11 is 1.45. The Morgan fingerprint density at radius 2 is 1.89 bits per heavy atom. The maximum absolute atomic E-state index is 13.3. The highest BCUT2D eigenvalue weighted by molar-refractivity contribution is 7.07. The van der Waals surface area contributed by atoms with E-state index in [1.165, 1.54) is 29.0 Å². The molecule has 1 aliphatic heterocycles. The maximum atomic E-state index is 13.3.